The summed E-state index contributed by atoms with van der Waals surface area (Å²) in [4.78, 5) is 21.1. The number of nitrogens with two attached hydrogens (primary N) is 1. The Morgan fingerprint density at radius 1 is 1.28 bits per heavy atom. The molecule has 0 unspecified atom stereocenters. The summed E-state index contributed by atoms with van der Waals surface area (Å²) in [6.45, 7) is 0. The first kappa shape index (κ1) is 16.1. The minimum atomic E-state index is -0.662. The van der Waals surface area contributed by atoms with Gasteiger partial charge in [0.05, 0.1) is 34.5 Å². The minimum absolute atomic E-state index is 0.0681. The molecule has 3 aromatic rings. The van der Waals surface area contributed by atoms with E-state index in [1.54, 1.807) is 0 Å². The number of nitrogens with zero attached hydrogens (tertiary/aromatic N) is 3. The largest absolute Gasteiger partial charge is 0.321 e. The van der Waals surface area contributed by atoms with E-state index >= 15 is 0 Å². The maximum Gasteiger partial charge on any atom is 0.267 e. The predicted octanol–water partition coefficient (Wildman–Crippen LogP) is 3.12. The average molecular weight is 363 g/mol. The lowest BCUT2D eigenvalue weighted by Crippen LogP contribution is -2.30. The molecule has 1 aromatic carbocycles. The molecule has 1 aliphatic carbocycles. The van der Waals surface area contributed by atoms with Gasteiger partial charge >= 0.3 is 0 Å². The first-order valence-electron chi connectivity index (χ1n) is 7.74. The number of aromatic nitrogens is 3. The van der Waals surface area contributed by atoms with Crippen LogP contribution in [-0.2, 0) is 0 Å². The molecule has 0 saturated heterocycles. The summed E-state index contributed by atoms with van der Waals surface area (Å²) in [6, 6.07) is 3.02. The van der Waals surface area contributed by atoms with Crippen LogP contribution < -0.4 is 11.3 Å². The van der Waals surface area contributed by atoms with Crippen molar-refractivity contribution in [3.05, 3.63) is 63.4 Å². The Hall–Kier alpha value is -2.38. The van der Waals surface area contributed by atoms with E-state index < -0.39 is 23.2 Å². The van der Waals surface area contributed by atoms with Gasteiger partial charge in [-0.2, -0.15) is 0 Å². The summed E-state index contributed by atoms with van der Waals surface area (Å²) >= 11 is 6.09. The third-order valence-electron chi connectivity index (χ3n) is 4.33. The Kier molecular flexibility index (Phi) is 3.77. The maximum atomic E-state index is 14.2. The summed E-state index contributed by atoms with van der Waals surface area (Å²) in [5, 5.41) is -0.00349. The van der Waals surface area contributed by atoms with Crippen molar-refractivity contribution in [3.8, 4) is 5.69 Å². The normalized spacial score (nSPS) is 15.5. The standard InChI is InChI=1S/C17H13ClF2N4O/c18-11-3-4-12(20)15-13(11)17(25)24(10-5-9(19)6-22-7-10)16(23-15)14(21)8-1-2-8/h3-8,14H,1-2,21H2/t14-/m0/s1. The van der Waals surface area contributed by atoms with Crippen LogP contribution >= 0.6 is 11.6 Å². The smallest absolute Gasteiger partial charge is 0.267 e. The van der Waals surface area contributed by atoms with Crippen LogP contribution in [0.15, 0.2) is 35.4 Å². The summed E-state index contributed by atoms with van der Waals surface area (Å²) in [5.74, 6) is -0.945. The van der Waals surface area contributed by atoms with Crippen LogP contribution in [0, 0.1) is 17.6 Å². The zero-order chi connectivity index (χ0) is 17.7. The van der Waals surface area contributed by atoms with E-state index in [2.05, 4.69) is 9.97 Å². The van der Waals surface area contributed by atoms with Crippen LogP contribution in [0.25, 0.3) is 16.6 Å². The van der Waals surface area contributed by atoms with Gasteiger partial charge < -0.3 is 5.73 Å². The van der Waals surface area contributed by atoms with Gasteiger partial charge in [0.2, 0.25) is 0 Å². The summed E-state index contributed by atoms with van der Waals surface area (Å²) < 4.78 is 29.0. The van der Waals surface area contributed by atoms with Crippen molar-refractivity contribution >= 4 is 22.5 Å². The fourth-order valence-electron chi connectivity index (χ4n) is 2.90. The van der Waals surface area contributed by atoms with Crippen molar-refractivity contribution in [3.63, 3.8) is 0 Å². The third-order valence-corrected chi connectivity index (χ3v) is 4.64. The summed E-state index contributed by atoms with van der Waals surface area (Å²) in [7, 11) is 0. The molecule has 4 rings (SSSR count). The fourth-order valence-corrected chi connectivity index (χ4v) is 3.13. The first-order chi connectivity index (χ1) is 12.0. The Morgan fingerprint density at radius 3 is 2.72 bits per heavy atom. The monoisotopic (exact) mass is 362 g/mol. The highest BCUT2D eigenvalue weighted by Gasteiger charge is 2.33. The average Bonchev–Trinajstić information content (AvgIpc) is 3.42. The van der Waals surface area contributed by atoms with E-state index in [-0.39, 0.29) is 33.4 Å². The predicted molar refractivity (Wildman–Crippen MR) is 89.7 cm³/mol. The number of halogens is 3. The number of fused-ring (bicyclic) bond motifs is 1. The van der Waals surface area contributed by atoms with Gasteiger partial charge in [-0.3, -0.25) is 14.3 Å². The van der Waals surface area contributed by atoms with Gasteiger partial charge in [0.1, 0.15) is 23.0 Å². The molecule has 25 heavy (non-hydrogen) atoms. The lowest BCUT2D eigenvalue weighted by Gasteiger charge is -2.18. The second kappa shape index (κ2) is 5.86. The SMILES string of the molecule is N[C@H](c1nc2c(F)ccc(Cl)c2c(=O)n1-c1cncc(F)c1)C1CC1. The number of pyridine rings is 1. The second-order valence-corrected chi connectivity index (χ2v) is 6.50. The lowest BCUT2D eigenvalue weighted by molar-refractivity contribution is 0.567. The highest BCUT2D eigenvalue weighted by atomic mass is 35.5. The highest BCUT2D eigenvalue weighted by Crippen LogP contribution is 2.39. The van der Waals surface area contributed by atoms with Crippen molar-refractivity contribution in [1.82, 2.24) is 14.5 Å². The van der Waals surface area contributed by atoms with Gasteiger partial charge in [-0.05, 0) is 30.9 Å². The van der Waals surface area contributed by atoms with E-state index in [9.17, 15) is 13.6 Å². The van der Waals surface area contributed by atoms with E-state index in [1.165, 1.54) is 16.8 Å². The van der Waals surface area contributed by atoms with Gasteiger partial charge in [-0.15, -0.1) is 0 Å². The topological polar surface area (TPSA) is 73.8 Å². The Morgan fingerprint density at radius 2 is 2.04 bits per heavy atom. The third kappa shape index (κ3) is 2.69. The van der Waals surface area contributed by atoms with Crippen LogP contribution in [0.3, 0.4) is 0 Å². The number of hydrogen-bond donors (Lipinski definition) is 1. The molecule has 0 spiro atoms. The van der Waals surface area contributed by atoms with E-state index in [0.29, 0.717) is 0 Å². The second-order valence-electron chi connectivity index (χ2n) is 6.09. The van der Waals surface area contributed by atoms with Gasteiger partial charge in [0.25, 0.3) is 5.56 Å². The highest BCUT2D eigenvalue weighted by molar-refractivity contribution is 6.35. The van der Waals surface area contributed by atoms with Crippen molar-refractivity contribution < 1.29 is 8.78 Å². The van der Waals surface area contributed by atoms with Gasteiger partial charge in [-0.1, -0.05) is 11.6 Å². The molecular weight excluding hydrogens is 350 g/mol. The van der Waals surface area contributed by atoms with E-state index in [4.69, 9.17) is 17.3 Å². The quantitative estimate of drug-likeness (QED) is 0.777. The van der Waals surface area contributed by atoms with Crippen LogP contribution in [0.1, 0.15) is 24.7 Å². The van der Waals surface area contributed by atoms with Gasteiger partial charge in [0, 0.05) is 6.07 Å². The maximum absolute atomic E-state index is 14.2. The molecule has 1 saturated carbocycles. The zero-order valence-corrected chi connectivity index (χ0v) is 13.7. The number of benzene rings is 1. The van der Waals surface area contributed by atoms with Crippen LogP contribution in [0.5, 0.6) is 0 Å². The molecule has 5 nitrogen and oxygen atoms in total. The molecule has 2 N–H and O–H groups in total. The molecule has 0 radical (unpaired) electrons. The van der Waals surface area contributed by atoms with Crippen molar-refractivity contribution in [2.75, 3.05) is 0 Å². The molecular formula is C17H13ClF2N4O. The van der Waals surface area contributed by atoms with E-state index in [1.807, 2.05) is 0 Å². The van der Waals surface area contributed by atoms with E-state index in [0.717, 1.165) is 31.2 Å². The molecule has 1 atom stereocenters. The van der Waals surface area contributed by atoms with Crippen LogP contribution in [0.2, 0.25) is 5.02 Å². The minimum Gasteiger partial charge on any atom is -0.321 e. The fraction of sp³-hybridized carbons (Fsp3) is 0.235. The molecule has 0 aliphatic heterocycles. The molecule has 2 aromatic heterocycles. The Labute approximate surface area is 146 Å². The van der Waals surface area contributed by atoms with Crippen molar-refractivity contribution in [2.45, 2.75) is 18.9 Å². The molecule has 8 heteroatoms. The van der Waals surface area contributed by atoms with Crippen LogP contribution in [-0.4, -0.2) is 14.5 Å². The molecule has 1 aliphatic rings. The molecule has 1 fully saturated rings. The van der Waals surface area contributed by atoms with Crippen molar-refractivity contribution in [1.29, 1.82) is 0 Å². The van der Waals surface area contributed by atoms with Crippen LogP contribution in [0.4, 0.5) is 8.78 Å². The first-order valence-corrected chi connectivity index (χ1v) is 8.12. The summed E-state index contributed by atoms with van der Waals surface area (Å²) in [5.41, 5.74) is 5.67. The summed E-state index contributed by atoms with van der Waals surface area (Å²) in [6.07, 6.45) is 4.15. The Balaban J connectivity index is 2.11. The Bertz CT molecular complexity index is 1050. The lowest BCUT2D eigenvalue weighted by atomic mass is 10.1. The van der Waals surface area contributed by atoms with Crippen molar-refractivity contribution in [2.24, 2.45) is 11.7 Å². The zero-order valence-electron chi connectivity index (χ0n) is 12.9. The molecule has 2 heterocycles. The molecule has 128 valence electrons. The number of hydrogen-bond acceptors (Lipinski definition) is 4. The van der Waals surface area contributed by atoms with Gasteiger partial charge in [0.15, 0.2) is 0 Å². The molecule has 0 amide bonds. The number of rotatable bonds is 3. The molecule has 0 bridgehead atoms. The van der Waals surface area contributed by atoms with Gasteiger partial charge in [-0.25, -0.2) is 13.8 Å².